The lowest BCUT2D eigenvalue weighted by Gasteiger charge is -2.17. The summed E-state index contributed by atoms with van der Waals surface area (Å²) in [5, 5.41) is 13.0. The number of imidazole rings is 1. The molecule has 1 fully saturated rings. The molecule has 1 aromatic carbocycles. The number of hydrogen-bond acceptors (Lipinski definition) is 3. The average Bonchev–Trinajstić information content (AvgIpc) is 3.09. The predicted octanol–water partition coefficient (Wildman–Crippen LogP) is 3.71. The SMILES string of the molecule is CC(C)c1nc2c(C(F)(F)F)cc(CN[C@H]3CCC[C@H]3O)cc2[nH]1. The Morgan fingerprint density at radius 1 is 1.33 bits per heavy atom. The minimum absolute atomic E-state index is 0.0219. The van der Waals surface area contributed by atoms with Gasteiger partial charge in [-0.1, -0.05) is 13.8 Å². The third-order valence-corrected chi connectivity index (χ3v) is 4.56. The topological polar surface area (TPSA) is 60.9 Å². The van der Waals surface area contributed by atoms with E-state index in [9.17, 15) is 18.3 Å². The first-order valence-electron chi connectivity index (χ1n) is 8.27. The fourth-order valence-corrected chi connectivity index (χ4v) is 3.22. The molecule has 0 saturated heterocycles. The molecule has 0 spiro atoms. The smallest absolute Gasteiger partial charge is 0.392 e. The van der Waals surface area contributed by atoms with Crippen molar-refractivity contribution in [1.29, 1.82) is 0 Å². The Bertz CT molecular complexity index is 724. The van der Waals surface area contributed by atoms with Crippen molar-refractivity contribution >= 4 is 11.0 Å². The van der Waals surface area contributed by atoms with Gasteiger partial charge in [0, 0.05) is 18.5 Å². The van der Waals surface area contributed by atoms with Gasteiger partial charge >= 0.3 is 6.18 Å². The van der Waals surface area contributed by atoms with E-state index in [1.807, 2.05) is 13.8 Å². The normalized spacial score (nSPS) is 22.0. The highest BCUT2D eigenvalue weighted by Crippen LogP contribution is 2.35. The van der Waals surface area contributed by atoms with E-state index in [1.54, 1.807) is 6.07 Å². The molecule has 2 atom stereocenters. The zero-order chi connectivity index (χ0) is 17.5. The summed E-state index contributed by atoms with van der Waals surface area (Å²) in [6.45, 7) is 4.06. The molecule has 0 unspecified atom stereocenters. The van der Waals surface area contributed by atoms with Crippen LogP contribution in [0.3, 0.4) is 0 Å². The fourth-order valence-electron chi connectivity index (χ4n) is 3.22. The number of nitrogens with zero attached hydrogens (tertiary/aromatic N) is 1. The van der Waals surface area contributed by atoms with Gasteiger partial charge in [0.15, 0.2) is 0 Å². The van der Waals surface area contributed by atoms with Crippen molar-refractivity contribution in [3.63, 3.8) is 0 Å². The number of alkyl halides is 3. The molecule has 3 N–H and O–H groups in total. The van der Waals surface area contributed by atoms with Crippen molar-refractivity contribution in [3.05, 3.63) is 29.1 Å². The summed E-state index contributed by atoms with van der Waals surface area (Å²) in [4.78, 5) is 7.13. The van der Waals surface area contributed by atoms with E-state index >= 15 is 0 Å². The molecule has 7 heteroatoms. The number of aliphatic hydroxyl groups is 1. The van der Waals surface area contributed by atoms with Gasteiger partial charge in [-0.3, -0.25) is 0 Å². The maximum absolute atomic E-state index is 13.4. The lowest BCUT2D eigenvalue weighted by Crippen LogP contribution is -2.35. The van der Waals surface area contributed by atoms with Crippen molar-refractivity contribution in [3.8, 4) is 0 Å². The number of fused-ring (bicyclic) bond motifs is 1. The highest BCUT2D eigenvalue weighted by molar-refractivity contribution is 5.80. The second-order valence-electron chi connectivity index (χ2n) is 6.80. The Morgan fingerprint density at radius 3 is 2.67 bits per heavy atom. The Kier molecular flexibility index (Phi) is 4.57. The molecule has 2 aromatic rings. The monoisotopic (exact) mass is 341 g/mol. The van der Waals surface area contributed by atoms with Crippen molar-refractivity contribution in [2.24, 2.45) is 0 Å². The number of nitrogens with one attached hydrogen (secondary N) is 2. The second-order valence-corrected chi connectivity index (χ2v) is 6.80. The highest BCUT2D eigenvalue weighted by atomic mass is 19.4. The Morgan fingerprint density at radius 2 is 2.08 bits per heavy atom. The Labute approximate surface area is 138 Å². The van der Waals surface area contributed by atoms with E-state index in [-0.39, 0.29) is 24.0 Å². The van der Waals surface area contributed by atoms with Gasteiger partial charge in [-0.15, -0.1) is 0 Å². The Hall–Kier alpha value is -1.60. The van der Waals surface area contributed by atoms with Gasteiger partial charge in [0.25, 0.3) is 0 Å². The zero-order valence-electron chi connectivity index (χ0n) is 13.7. The van der Waals surface area contributed by atoms with E-state index in [1.165, 1.54) is 0 Å². The molecule has 132 valence electrons. The summed E-state index contributed by atoms with van der Waals surface area (Å²) in [7, 11) is 0. The molecule has 0 aliphatic heterocycles. The number of rotatable bonds is 4. The zero-order valence-corrected chi connectivity index (χ0v) is 13.7. The van der Waals surface area contributed by atoms with Gasteiger partial charge in [-0.2, -0.15) is 13.2 Å². The summed E-state index contributed by atoms with van der Waals surface area (Å²) in [5.41, 5.74) is 0.188. The second kappa shape index (κ2) is 6.37. The molecule has 1 aliphatic carbocycles. The summed E-state index contributed by atoms with van der Waals surface area (Å²) < 4.78 is 40.2. The first-order chi connectivity index (χ1) is 11.3. The lowest BCUT2D eigenvalue weighted by atomic mass is 10.1. The van der Waals surface area contributed by atoms with E-state index in [0.717, 1.165) is 25.3 Å². The number of aliphatic hydroxyl groups excluding tert-OH is 1. The van der Waals surface area contributed by atoms with Crippen LogP contribution in [0.5, 0.6) is 0 Å². The third kappa shape index (κ3) is 3.42. The van der Waals surface area contributed by atoms with Gasteiger partial charge < -0.3 is 15.4 Å². The van der Waals surface area contributed by atoms with Crippen LogP contribution in [0.25, 0.3) is 11.0 Å². The first-order valence-corrected chi connectivity index (χ1v) is 8.27. The molecule has 0 radical (unpaired) electrons. The number of hydrogen-bond donors (Lipinski definition) is 3. The molecule has 0 amide bonds. The minimum Gasteiger partial charge on any atom is -0.392 e. The quantitative estimate of drug-likeness (QED) is 0.794. The summed E-state index contributed by atoms with van der Waals surface area (Å²) in [5.74, 6) is 0.570. The molecule has 1 saturated carbocycles. The average molecular weight is 341 g/mol. The number of benzene rings is 1. The van der Waals surface area contributed by atoms with E-state index in [2.05, 4.69) is 15.3 Å². The Balaban J connectivity index is 1.93. The van der Waals surface area contributed by atoms with Crippen LogP contribution in [0.4, 0.5) is 13.2 Å². The van der Waals surface area contributed by atoms with Crippen molar-refractivity contribution < 1.29 is 18.3 Å². The lowest BCUT2D eigenvalue weighted by molar-refractivity contribution is -0.136. The summed E-state index contributed by atoms with van der Waals surface area (Å²) in [6, 6.07) is 2.81. The van der Waals surface area contributed by atoms with E-state index in [0.29, 0.717) is 16.9 Å². The number of aromatic amines is 1. The molecule has 1 heterocycles. The number of halogens is 3. The molecular formula is C17H22F3N3O. The molecular weight excluding hydrogens is 319 g/mol. The van der Waals surface area contributed by atoms with Crippen molar-refractivity contribution in [1.82, 2.24) is 15.3 Å². The molecule has 24 heavy (non-hydrogen) atoms. The van der Waals surface area contributed by atoms with E-state index < -0.39 is 17.8 Å². The van der Waals surface area contributed by atoms with Crippen LogP contribution >= 0.6 is 0 Å². The maximum atomic E-state index is 13.4. The molecule has 1 aromatic heterocycles. The fraction of sp³-hybridized carbons (Fsp3) is 0.588. The summed E-state index contributed by atoms with van der Waals surface area (Å²) in [6.07, 6.45) is -2.36. The summed E-state index contributed by atoms with van der Waals surface area (Å²) >= 11 is 0. The van der Waals surface area contributed by atoms with Crippen LogP contribution in [0.15, 0.2) is 12.1 Å². The highest BCUT2D eigenvalue weighted by Gasteiger charge is 2.34. The van der Waals surface area contributed by atoms with Crippen LogP contribution in [0.2, 0.25) is 0 Å². The van der Waals surface area contributed by atoms with Crippen molar-refractivity contribution in [2.75, 3.05) is 0 Å². The van der Waals surface area contributed by atoms with E-state index in [4.69, 9.17) is 0 Å². The van der Waals surface area contributed by atoms with Crippen LogP contribution in [-0.4, -0.2) is 27.2 Å². The maximum Gasteiger partial charge on any atom is 0.418 e. The molecule has 3 rings (SSSR count). The van der Waals surface area contributed by atoms with Crippen LogP contribution in [0.1, 0.15) is 56.0 Å². The van der Waals surface area contributed by atoms with Crippen molar-refractivity contribution in [2.45, 2.75) is 63.9 Å². The first kappa shape index (κ1) is 17.2. The molecule has 0 bridgehead atoms. The van der Waals surface area contributed by atoms with Gasteiger partial charge in [0.05, 0.1) is 17.2 Å². The largest absolute Gasteiger partial charge is 0.418 e. The van der Waals surface area contributed by atoms with Gasteiger partial charge in [-0.25, -0.2) is 4.98 Å². The van der Waals surface area contributed by atoms with Crippen LogP contribution < -0.4 is 5.32 Å². The number of aromatic nitrogens is 2. The third-order valence-electron chi connectivity index (χ3n) is 4.56. The standard InChI is InChI=1S/C17H22F3N3O/c1-9(2)16-22-13-7-10(8-21-12-4-3-5-14(12)24)6-11(15(13)23-16)17(18,19)20/h6-7,9,12,14,21,24H,3-5,8H2,1-2H3,(H,22,23)/t12-,14+/m0/s1. The van der Waals surface area contributed by atoms with Crippen LogP contribution in [0, 0.1) is 0 Å². The van der Waals surface area contributed by atoms with Crippen LogP contribution in [-0.2, 0) is 12.7 Å². The molecule has 1 aliphatic rings. The van der Waals surface area contributed by atoms with Gasteiger partial charge in [0.2, 0.25) is 0 Å². The predicted molar refractivity (Wildman–Crippen MR) is 85.7 cm³/mol. The van der Waals surface area contributed by atoms with Gasteiger partial charge in [0.1, 0.15) is 11.3 Å². The number of H-pyrrole nitrogens is 1. The molecule has 4 nitrogen and oxygen atoms in total. The van der Waals surface area contributed by atoms with Gasteiger partial charge in [-0.05, 0) is 37.0 Å². The minimum atomic E-state index is -4.45.